The van der Waals surface area contributed by atoms with E-state index in [0.29, 0.717) is 31.2 Å². The second-order valence-electron chi connectivity index (χ2n) is 7.49. The lowest BCUT2D eigenvalue weighted by Crippen LogP contribution is -2.57. The zero-order valence-electron chi connectivity index (χ0n) is 15.0. The maximum atomic E-state index is 12.9. The first kappa shape index (κ1) is 19.6. The average Bonchev–Trinajstić information content (AvgIpc) is 2.61. The van der Waals surface area contributed by atoms with Gasteiger partial charge in [-0.2, -0.15) is 4.31 Å². The Morgan fingerprint density at radius 2 is 1.77 bits per heavy atom. The third-order valence-corrected chi connectivity index (χ3v) is 7.72. The molecular formula is C18H26ClN3O3S. The molecule has 2 N–H and O–H groups in total. The number of nitrogens with two attached hydrogens (primary N) is 1. The summed E-state index contributed by atoms with van der Waals surface area (Å²) in [6.45, 7) is 3.35. The van der Waals surface area contributed by atoms with E-state index in [2.05, 4.69) is 0 Å². The monoisotopic (exact) mass is 399 g/mol. The average molecular weight is 400 g/mol. The van der Waals surface area contributed by atoms with Crippen molar-refractivity contribution < 1.29 is 13.2 Å². The van der Waals surface area contributed by atoms with Gasteiger partial charge >= 0.3 is 0 Å². The highest BCUT2D eigenvalue weighted by Crippen LogP contribution is 2.33. The zero-order valence-corrected chi connectivity index (χ0v) is 16.6. The van der Waals surface area contributed by atoms with Gasteiger partial charge in [0.05, 0.1) is 10.8 Å². The van der Waals surface area contributed by atoms with Gasteiger partial charge in [-0.3, -0.25) is 4.79 Å². The van der Waals surface area contributed by atoms with Crippen molar-refractivity contribution in [3.8, 4) is 0 Å². The highest BCUT2D eigenvalue weighted by molar-refractivity contribution is 7.89. The maximum Gasteiger partial charge on any atom is 0.243 e. The van der Waals surface area contributed by atoms with Crippen molar-refractivity contribution in [1.29, 1.82) is 0 Å². The fourth-order valence-electron chi connectivity index (χ4n) is 3.89. The van der Waals surface area contributed by atoms with Gasteiger partial charge in [0.2, 0.25) is 15.9 Å². The van der Waals surface area contributed by atoms with Crippen molar-refractivity contribution in [2.75, 3.05) is 26.2 Å². The molecule has 1 aromatic rings. The highest BCUT2D eigenvalue weighted by Gasteiger charge is 2.41. The molecule has 2 fully saturated rings. The van der Waals surface area contributed by atoms with Crippen LogP contribution in [0, 0.1) is 5.92 Å². The summed E-state index contributed by atoms with van der Waals surface area (Å²) in [5, 5.41) is 0.497. The van der Waals surface area contributed by atoms with Crippen LogP contribution in [0.3, 0.4) is 0 Å². The van der Waals surface area contributed by atoms with Crippen LogP contribution in [0.25, 0.3) is 0 Å². The SMILES string of the molecule is CC1(N)CCCCC1C(=O)N1CCN(S(=O)(=O)c2ccc(Cl)cc2)CC1. The summed E-state index contributed by atoms with van der Waals surface area (Å²) in [7, 11) is -3.56. The molecule has 1 amide bonds. The Balaban J connectivity index is 1.65. The van der Waals surface area contributed by atoms with Crippen LogP contribution >= 0.6 is 11.6 Å². The molecule has 0 radical (unpaired) electrons. The number of benzene rings is 1. The summed E-state index contributed by atoms with van der Waals surface area (Å²) < 4.78 is 26.9. The van der Waals surface area contributed by atoms with E-state index in [0.717, 1.165) is 25.7 Å². The molecule has 3 rings (SSSR count). The van der Waals surface area contributed by atoms with Gasteiger partial charge < -0.3 is 10.6 Å². The van der Waals surface area contributed by atoms with E-state index in [1.165, 1.54) is 16.4 Å². The summed E-state index contributed by atoms with van der Waals surface area (Å²) in [5.74, 6) is -0.103. The van der Waals surface area contributed by atoms with E-state index >= 15 is 0 Å². The molecule has 0 aromatic heterocycles. The van der Waals surface area contributed by atoms with Crippen molar-refractivity contribution in [3.63, 3.8) is 0 Å². The van der Waals surface area contributed by atoms with E-state index < -0.39 is 15.6 Å². The molecule has 1 aliphatic carbocycles. The standard InChI is InChI=1S/C18H26ClN3O3S/c1-18(20)9-3-2-4-16(18)17(23)21-10-12-22(13-11-21)26(24,25)15-7-5-14(19)6-8-15/h5-8,16H,2-4,9-13,20H2,1H3. The Morgan fingerprint density at radius 1 is 1.15 bits per heavy atom. The van der Waals surface area contributed by atoms with Gasteiger partial charge in [0, 0.05) is 36.7 Å². The van der Waals surface area contributed by atoms with Crippen LogP contribution < -0.4 is 5.73 Å². The van der Waals surface area contributed by atoms with E-state index in [4.69, 9.17) is 17.3 Å². The van der Waals surface area contributed by atoms with Gasteiger partial charge in [0.15, 0.2) is 0 Å². The molecule has 1 aromatic carbocycles. The fourth-order valence-corrected chi connectivity index (χ4v) is 5.44. The number of rotatable bonds is 3. The molecule has 144 valence electrons. The molecule has 1 heterocycles. The zero-order chi connectivity index (χ0) is 18.9. The van der Waals surface area contributed by atoms with Crippen molar-refractivity contribution >= 4 is 27.5 Å². The predicted octanol–water partition coefficient (Wildman–Crippen LogP) is 2.08. The molecular weight excluding hydrogens is 374 g/mol. The lowest BCUT2D eigenvalue weighted by molar-refractivity contribution is -0.140. The molecule has 2 aliphatic rings. The Morgan fingerprint density at radius 3 is 2.35 bits per heavy atom. The lowest BCUT2D eigenvalue weighted by atomic mass is 9.74. The number of halogens is 1. The van der Waals surface area contributed by atoms with Crippen molar-refractivity contribution in [1.82, 2.24) is 9.21 Å². The normalized spacial score (nSPS) is 28.1. The first-order valence-corrected chi connectivity index (χ1v) is 10.9. The van der Waals surface area contributed by atoms with Crippen LogP contribution in [0.5, 0.6) is 0 Å². The first-order valence-electron chi connectivity index (χ1n) is 9.05. The molecule has 8 heteroatoms. The number of hydrogen-bond donors (Lipinski definition) is 1. The molecule has 0 bridgehead atoms. The minimum absolute atomic E-state index is 0.0678. The minimum Gasteiger partial charge on any atom is -0.340 e. The Labute approximate surface area is 160 Å². The van der Waals surface area contributed by atoms with E-state index in [1.54, 1.807) is 17.0 Å². The van der Waals surface area contributed by atoms with E-state index in [-0.39, 0.29) is 16.7 Å². The second-order valence-corrected chi connectivity index (χ2v) is 9.86. The van der Waals surface area contributed by atoms with Gasteiger partial charge in [0.25, 0.3) is 0 Å². The molecule has 2 atom stereocenters. The van der Waals surface area contributed by atoms with Gasteiger partial charge in [0.1, 0.15) is 0 Å². The second kappa shape index (κ2) is 7.46. The maximum absolute atomic E-state index is 12.9. The topological polar surface area (TPSA) is 83.7 Å². The molecule has 2 unspecified atom stereocenters. The third kappa shape index (κ3) is 3.91. The number of sulfonamides is 1. The predicted molar refractivity (Wildman–Crippen MR) is 101 cm³/mol. The Hall–Kier alpha value is -1.15. The number of carbonyl (C=O) groups is 1. The van der Waals surface area contributed by atoms with Crippen LogP contribution in [-0.2, 0) is 14.8 Å². The molecule has 1 saturated carbocycles. The summed E-state index contributed by atoms with van der Waals surface area (Å²) in [6.07, 6.45) is 3.75. The Bertz CT molecular complexity index is 756. The van der Waals surface area contributed by atoms with Gasteiger partial charge in [-0.1, -0.05) is 24.4 Å². The van der Waals surface area contributed by atoms with Crippen LogP contribution in [0.4, 0.5) is 0 Å². The number of piperazine rings is 1. The van der Waals surface area contributed by atoms with Crippen LogP contribution in [0.15, 0.2) is 29.2 Å². The van der Waals surface area contributed by atoms with Crippen molar-refractivity contribution in [3.05, 3.63) is 29.3 Å². The first-order chi connectivity index (χ1) is 12.2. The van der Waals surface area contributed by atoms with Gasteiger partial charge in [-0.25, -0.2) is 8.42 Å². The largest absolute Gasteiger partial charge is 0.340 e. The molecule has 1 aliphatic heterocycles. The molecule has 6 nitrogen and oxygen atoms in total. The Kier molecular flexibility index (Phi) is 5.63. The number of carbonyl (C=O) groups excluding carboxylic acids is 1. The highest BCUT2D eigenvalue weighted by atomic mass is 35.5. The van der Waals surface area contributed by atoms with Crippen molar-refractivity contribution in [2.24, 2.45) is 11.7 Å². The van der Waals surface area contributed by atoms with Crippen molar-refractivity contribution in [2.45, 2.75) is 43.0 Å². The quantitative estimate of drug-likeness (QED) is 0.843. The molecule has 26 heavy (non-hydrogen) atoms. The summed E-state index contributed by atoms with van der Waals surface area (Å²) in [4.78, 5) is 14.9. The third-order valence-electron chi connectivity index (χ3n) is 5.55. The van der Waals surface area contributed by atoms with Gasteiger partial charge in [-0.05, 0) is 44.0 Å². The van der Waals surface area contributed by atoms with E-state index in [1.807, 2.05) is 6.92 Å². The minimum atomic E-state index is -3.56. The summed E-state index contributed by atoms with van der Waals surface area (Å²) in [5.41, 5.74) is 5.88. The van der Waals surface area contributed by atoms with Crippen LogP contribution in [0.2, 0.25) is 5.02 Å². The number of nitrogens with zero attached hydrogens (tertiary/aromatic N) is 2. The van der Waals surface area contributed by atoms with Gasteiger partial charge in [-0.15, -0.1) is 0 Å². The summed E-state index contributed by atoms with van der Waals surface area (Å²) >= 11 is 5.84. The van der Waals surface area contributed by atoms with Crippen LogP contribution in [-0.4, -0.2) is 55.2 Å². The molecule has 0 spiro atoms. The smallest absolute Gasteiger partial charge is 0.243 e. The summed E-state index contributed by atoms with van der Waals surface area (Å²) in [6, 6.07) is 6.16. The molecule has 1 saturated heterocycles. The number of hydrogen-bond acceptors (Lipinski definition) is 4. The van der Waals surface area contributed by atoms with Crippen LogP contribution in [0.1, 0.15) is 32.6 Å². The lowest BCUT2D eigenvalue weighted by Gasteiger charge is -2.42. The van der Waals surface area contributed by atoms with E-state index in [9.17, 15) is 13.2 Å². The fraction of sp³-hybridized carbons (Fsp3) is 0.611. The number of amides is 1.